The molecule has 2 aliphatic rings. The van der Waals surface area contributed by atoms with Crippen LogP contribution in [0, 0.1) is 0 Å². The molecule has 0 N–H and O–H groups in total. The first kappa shape index (κ1) is 22.6. The number of nitrogens with zero attached hydrogens (tertiary/aromatic N) is 3. The van der Waals surface area contributed by atoms with Gasteiger partial charge in [0.25, 0.3) is 0 Å². The molecule has 0 spiro atoms. The molecule has 4 rings (SSSR count). The summed E-state index contributed by atoms with van der Waals surface area (Å²) in [5.74, 6) is 1.04. The third kappa shape index (κ3) is 5.43. The lowest BCUT2D eigenvalue weighted by molar-refractivity contribution is -0.127. The fourth-order valence-electron chi connectivity index (χ4n) is 4.59. The van der Waals surface area contributed by atoms with E-state index in [0.29, 0.717) is 6.42 Å². The van der Waals surface area contributed by atoms with Gasteiger partial charge in [0.05, 0.1) is 26.2 Å². The van der Waals surface area contributed by atoms with Crippen LogP contribution in [0.1, 0.15) is 29.2 Å². The minimum absolute atomic E-state index is 0.141. The summed E-state index contributed by atoms with van der Waals surface area (Å²) in [6.45, 7) is 6.01. The maximum atomic E-state index is 12.1. The van der Waals surface area contributed by atoms with E-state index in [1.807, 2.05) is 12.1 Å². The van der Waals surface area contributed by atoms with Crippen LogP contribution in [0.15, 0.2) is 42.5 Å². The molecule has 0 aliphatic carbocycles. The number of ether oxygens (including phenoxy) is 2. The van der Waals surface area contributed by atoms with Crippen molar-refractivity contribution in [2.24, 2.45) is 0 Å². The lowest BCUT2D eigenvalue weighted by Crippen LogP contribution is -2.46. The van der Waals surface area contributed by atoms with Gasteiger partial charge in [-0.2, -0.15) is 0 Å². The molecule has 1 saturated heterocycles. The molecule has 2 aliphatic heterocycles. The van der Waals surface area contributed by atoms with Crippen LogP contribution in [-0.4, -0.2) is 76.2 Å². The van der Waals surface area contributed by atoms with Crippen LogP contribution in [0.4, 0.5) is 5.69 Å². The van der Waals surface area contributed by atoms with Gasteiger partial charge < -0.3 is 19.3 Å². The number of methoxy groups -OCH3 is 1. The third-order valence-corrected chi connectivity index (χ3v) is 6.62. The Morgan fingerprint density at radius 1 is 1.09 bits per heavy atom. The molecule has 0 saturated carbocycles. The SMILES string of the molecule is COc1ccc(N2CCN(CCC3OCCc4cc(CC(=O)N(C)C)ccc43)CC2)cc1. The molecule has 1 unspecified atom stereocenters. The number of benzene rings is 2. The maximum Gasteiger partial charge on any atom is 0.226 e. The van der Waals surface area contributed by atoms with E-state index in [-0.39, 0.29) is 12.0 Å². The second kappa shape index (κ2) is 10.4. The Hall–Kier alpha value is -2.57. The molecule has 0 aromatic heterocycles. The summed E-state index contributed by atoms with van der Waals surface area (Å²) in [5, 5.41) is 0. The lowest BCUT2D eigenvalue weighted by Gasteiger charge is -2.37. The predicted molar refractivity (Wildman–Crippen MR) is 128 cm³/mol. The molecule has 1 fully saturated rings. The molecular weight excluding hydrogens is 402 g/mol. The van der Waals surface area contributed by atoms with Crippen LogP contribution in [-0.2, 0) is 22.4 Å². The van der Waals surface area contributed by atoms with Crippen molar-refractivity contribution in [2.45, 2.75) is 25.4 Å². The van der Waals surface area contributed by atoms with E-state index < -0.39 is 0 Å². The van der Waals surface area contributed by atoms with Gasteiger partial charge in [0.15, 0.2) is 0 Å². The average molecular weight is 438 g/mol. The van der Waals surface area contributed by atoms with Crippen molar-refractivity contribution in [1.29, 1.82) is 0 Å². The van der Waals surface area contributed by atoms with E-state index in [0.717, 1.165) is 63.5 Å². The molecule has 6 heteroatoms. The maximum absolute atomic E-state index is 12.1. The molecule has 2 aromatic carbocycles. The smallest absolute Gasteiger partial charge is 0.226 e. The Balaban J connectivity index is 1.29. The van der Waals surface area contributed by atoms with Gasteiger partial charge in [0.1, 0.15) is 5.75 Å². The van der Waals surface area contributed by atoms with Crippen LogP contribution in [0.3, 0.4) is 0 Å². The number of piperazine rings is 1. The van der Waals surface area contributed by atoms with Gasteiger partial charge in [-0.05, 0) is 53.8 Å². The molecule has 2 aromatic rings. The number of carbonyl (C=O) groups is 1. The molecule has 1 atom stereocenters. The molecule has 6 nitrogen and oxygen atoms in total. The highest BCUT2D eigenvalue weighted by atomic mass is 16.5. The topological polar surface area (TPSA) is 45.3 Å². The fraction of sp³-hybridized carbons (Fsp3) is 0.500. The summed E-state index contributed by atoms with van der Waals surface area (Å²) in [6, 6.07) is 14.8. The number of fused-ring (bicyclic) bond motifs is 1. The third-order valence-electron chi connectivity index (χ3n) is 6.62. The van der Waals surface area contributed by atoms with E-state index in [4.69, 9.17) is 9.47 Å². The van der Waals surface area contributed by atoms with Crippen molar-refractivity contribution in [3.63, 3.8) is 0 Å². The molecular formula is C26H35N3O3. The fourth-order valence-corrected chi connectivity index (χ4v) is 4.59. The first-order valence-electron chi connectivity index (χ1n) is 11.6. The molecule has 1 amide bonds. The van der Waals surface area contributed by atoms with Crippen molar-refractivity contribution in [2.75, 3.05) is 65.4 Å². The minimum atomic E-state index is 0.141. The van der Waals surface area contributed by atoms with Gasteiger partial charge >= 0.3 is 0 Å². The number of likely N-dealkylation sites (N-methyl/N-ethyl adjacent to an activating group) is 1. The average Bonchev–Trinajstić information content (AvgIpc) is 2.83. The Morgan fingerprint density at radius 2 is 1.84 bits per heavy atom. The van der Waals surface area contributed by atoms with Crippen molar-refractivity contribution in [3.8, 4) is 5.75 Å². The Kier molecular flexibility index (Phi) is 7.33. The van der Waals surface area contributed by atoms with E-state index in [1.54, 1.807) is 26.1 Å². The second-order valence-electron chi connectivity index (χ2n) is 8.92. The van der Waals surface area contributed by atoms with Crippen LogP contribution in [0.2, 0.25) is 0 Å². The summed E-state index contributed by atoms with van der Waals surface area (Å²) >= 11 is 0. The number of carbonyl (C=O) groups excluding carboxylic acids is 1. The number of hydrogen-bond acceptors (Lipinski definition) is 5. The van der Waals surface area contributed by atoms with Crippen molar-refractivity contribution in [3.05, 3.63) is 59.2 Å². The predicted octanol–water partition coefficient (Wildman–Crippen LogP) is 3.15. The van der Waals surface area contributed by atoms with Crippen LogP contribution in [0.25, 0.3) is 0 Å². The Bertz CT molecular complexity index is 905. The van der Waals surface area contributed by atoms with Gasteiger partial charge in [0, 0.05) is 52.5 Å². The lowest BCUT2D eigenvalue weighted by atomic mass is 9.93. The van der Waals surface area contributed by atoms with Crippen molar-refractivity contribution in [1.82, 2.24) is 9.80 Å². The van der Waals surface area contributed by atoms with Crippen molar-refractivity contribution >= 4 is 11.6 Å². The standard InChI is InChI=1S/C26H35N3O3/c1-27(2)26(30)19-20-4-9-24-21(18-20)11-17-32-25(24)10-12-28-13-15-29(16-14-28)22-5-7-23(31-3)8-6-22/h4-9,18,25H,10-17,19H2,1-3H3. The number of rotatable bonds is 7. The first-order chi connectivity index (χ1) is 15.5. The molecule has 0 radical (unpaired) electrons. The summed E-state index contributed by atoms with van der Waals surface area (Å²) in [6.07, 6.45) is 2.54. The van der Waals surface area contributed by atoms with E-state index in [2.05, 4.69) is 40.1 Å². The van der Waals surface area contributed by atoms with Gasteiger partial charge in [-0.15, -0.1) is 0 Å². The van der Waals surface area contributed by atoms with Gasteiger partial charge in [0.2, 0.25) is 5.91 Å². The Labute approximate surface area is 191 Å². The van der Waals surface area contributed by atoms with Gasteiger partial charge in [-0.25, -0.2) is 0 Å². The first-order valence-corrected chi connectivity index (χ1v) is 11.6. The quantitative estimate of drug-likeness (QED) is 0.666. The normalized spacial score (nSPS) is 18.8. The second-order valence-corrected chi connectivity index (χ2v) is 8.92. The van der Waals surface area contributed by atoms with Crippen LogP contribution in [0.5, 0.6) is 5.75 Å². The highest BCUT2D eigenvalue weighted by Crippen LogP contribution is 2.31. The van der Waals surface area contributed by atoms with Gasteiger partial charge in [-0.1, -0.05) is 18.2 Å². The highest BCUT2D eigenvalue weighted by molar-refractivity contribution is 5.78. The van der Waals surface area contributed by atoms with Gasteiger partial charge in [-0.3, -0.25) is 9.69 Å². The van der Waals surface area contributed by atoms with E-state index in [9.17, 15) is 4.79 Å². The molecule has 2 heterocycles. The monoisotopic (exact) mass is 437 g/mol. The minimum Gasteiger partial charge on any atom is -0.497 e. The van der Waals surface area contributed by atoms with Crippen LogP contribution >= 0.6 is 0 Å². The summed E-state index contributed by atoms with van der Waals surface area (Å²) < 4.78 is 11.4. The molecule has 32 heavy (non-hydrogen) atoms. The summed E-state index contributed by atoms with van der Waals surface area (Å²) in [4.78, 5) is 18.7. The van der Waals surface area contributed by atoms with E-state index in [1.165, 1.54) is 16.8 Å². The Morgan fingerprint density at radius 3 is 2.53 bits per heavy atom. The number of hydrogen-bond donors (Lipinski definition) is 0. The zero-order chi connectivity index (χ0) is 22.5. The molecule has 0 bridgehead atoms. The number of anilines is 1. The van der Waals surface area contributed by atoms with Crippen LogP contribution < -0.4 is 9.64 Å². The zero-order valence-corrected chi connectivity index (χ0v) is 19.5. The molecule has 172 valence electrons. The zero-order valence-electron chi connectivity index (χ0n) is 19.5. The summed E-state index contributed by atoms with van der Waals surface area (Å²) in [5.41, 5.74) is 5.00. The number of amides is 1. The summed E-state index contributed by atoms with van der Waals surface area (Å²) in [7, 11) is 5.32. The highest BCUT2D eigenvalue weighted by Gasteiger charge is 2.24. The largest absolute Gasteiger partial charge is 0.497 e. The van der Waals surface area contributed by atoms with Crippen molar-refractivity contribution < 1.29 is 14.3 Å². The van der Waals surface area contributed by atoms with E-state index >= 15 is 0 Å².